The van der Waals surface area contributed by atoms with E-state index in [0.717, 1.165) is 0 Å². The normalized spacial score (nSPS) is 15.3. The molecule has 0 unspecified atom stereocenters. The van der Waals surface area contributed by atoms with E-state index in [9.17, 15) is 13.2 Å². The van der Waals surface area contributed by atoms with E-state index in [1.54, 1.807) is 6.07 Å². The molecule has 1 aromatic carbocycles. The Balaban J connectivity index is 1.85. The van der Waals surface area contributed by atoms with Crippen LogP contribution in [0.25, 0.3) is 0 Å². The van der Waals surface area contributed by atoms with Crippen LogP contribution < -0.4 is 14.8 Å². The second-order valence-electron chi connectivity index (χ2n) is 3.80. The molecule has 2 heterocycles. The van der Waals surface area contributed by atoms with Crippen LogP contribution in [0.15, 0.2) is 36.4 Å². The highest BCUT2D eigenvalue weighted by molar-refractivity contribution is 5.61. The maximum atomic E-state index is 12.9. The topological polar surface area (TPSA) is 43.4 Å². The molecular weight excluding hydrogens is 261 g/mol. The molecule has 3 rings (SSSR count). The standard InChI is InChI=1S/C12H7F3N2O2/c13-10-2-1-3-11(17-10)16-7-4-5-8-9(6-7)19-12(14,15)18-8/h1-6H,(H,16,17). The Hall–Kier alpha value is -2.44. The summed E-state index contributed by atoms with van der Waals surface area (Å²) >= 11 is 0. The van der Waals surface area contributed by atoms with Crippen LogP contribution >= 0.6 is 0 Å². The number of nitrogens with one attached hydrogen (secondary N) is 1. The molecule has 0 atom stereocenters. The summed E-state index contributed by atoms with van der Waals surface area (Å²) in [6.45, 7) is 0. The summed E-state index contributed by atoms with van der Waals surface area (Å²) in [5, 5.41) is 2.77. The van der Waals surface area contributed by atoms with Gasteiger partial charge in [0, 0.05) is 11.8 Å². The van der Waals surface area contributed by atoms with Crippen LogP contribution in [0, 0.1) is 5.95 Å². The lowest BCUT2D eigenvalue weighted by molar-refractivity contribution is -0.286. The molecule has 2 aromatic rings. The lowest BCUT2D eigenvalue weighted by Crippen LogP contribution is -2.25. The fourth-order valence-corrected chi connectivity index (χ4v) is 1.65. The predicted octanol–water partition coefficient (Wildman–Crippen LogP) is 3.29. The summed E-state index contributed by atoms with van der Waals surface area (Å²) in [5.74, 6) is -0.531. The fraction of sp³-hybridized carbons (Fsp3) is 0.0833. The van der Waals surface area contributed by atoms with Crippen molar-refractivity contribution in [2.45, 2.75) is 6.29 Å². The summed E-state index contributed by atoms with van der Waals surface area (Å²) in [4.78, 5) is 3.59. The van der Waals surface area contributed by atoms with Gasteiger partial charge >= 0.3 is 6.29 Å². The van der Waals surface area contributed by atoms with E-state index in [4.69, 9.17) is 0 Å². The molecule has 1 aliphatic rings. The van der Waals surface area contributed by atoms with Crippen molar-refractivity contribution in [2.75, 3.05) is 5.32 Å². The van der Waals surface area contributed by atoms with Crippen molar-refractivity contribution in [3.8, 4) is 11.5 Å². The number of alkyl halides is 2. The number of hydrogen-bond acceptors (Lipinski definition) is 4. The number of aromatic nitrogens is 1. The van der Waals surface area contributed by atoms with Crippen molar-refractivity contribution in [3.05, 3.63) is 42.3 Å². The van der Waals surface area contributed by atoms with Gasteiger partial charge in [-0.1, -0.05) is 6.07 Å². The number of halogens is 3. The van der Waals surface area contributed by atoms with Gasteiger partial charge in [-0.25, -0.2) is 4.98 Å². The van der Waals surface area contributed by atoms with Crippen LogP contribution in [0.3, 0.4) is 0 Å². The van der Waals surface area contributed by atoms with Crippen LogP contribution in [0.1, 0.15) is 0 Å². The number of pyridine rings is 1. The lowest BCUT2D eigenvalue weighted by atomic mass is 10.3. The first kappa shape index (κ1) is 11.6. The van der Waals surface area contributed by atoms with Crippen molar-refractivity contribution in [2.24, 2.45) is 0 Å². The third-order valence-corrected chi connectivity index (χ3v) is 2.39. The van der Waals surface area contributed by atoms with E-state index in [1.165, 1.54) is 30.3 Å². The number of fused-ring (bicyclic) bond motifs is 1. The first-order valence-electron chi connectivity index (χ1n) is 5.31. The number of ether oxygens (including phenoxy) is 2. The Morgan fingerprint density at radius 1 is 1.05 bits per heavy atom. The molecule has 0 saturated carbocycles. The minimum Gasteiger partial charge on any atom is -0.395 e. The second-order valence-corrected chi connectivity index (χ2v) is 3.80. The van der Waals surface area contributed by atoms with E-state index in [0.29, 0.717) is 5.69 Å². The molecule has 0 aliphatic carbocycles. The molecule has 98 valence electrons. The number of benzene rings is 1. The van der Waals surface area contributed by atoms with Gasteiger partial charge in [-0.3, -0.25) is 0 Å². The van der Waals surface area contributed by atoms with E-state index < -0.39 is 12.2 Å². The molecule has 19 heavy (non-hydrogen) atoms. The van der Waals surface area contributed by atoms with E-state index in [2.05, 4.69) is 19.8 Å². The van der Waals surface area contributed by atoms with Crippen LogP contribution in [0.2, 0.25) is 0 Å². The zero-order valence-corrected chi connectivity index (χ0v) is 9.36. The Morgan fingerprint density at radius 3 is 2.63 bits per heavy atom. The van der Waals surface area contributed by atoms with Crippen molar-refractivity contribution in [1.29, 1.82) is 0 Å². The molecular formula is C12H7F3N2O2. The van der Waals surface area contributed by atoms with Gasteiger partial charge in [0.25, 0.3) is 0 Å². The van der Waals surface area contributed by atoms with Crippen molar-refractivity contribution in [3.63, 3.8) is 0 Å². The molecule has 0 saturated heterocycles. The van der Waals surface area contributed by atoms with Gasteiger partial charge in [0.1, 0.15) is 5.82 Å². The number of nitrogens with zero attached hydrogens (tertiary/aromatic N) is 1. The van der Waals surface area contributed by atoms with Crippen LogP contribution in [-0.4, -0.2) is 11.3 Å². The molecule has 4 nitrogen and oxygen atoms in total. The maximum absolute atomic E-state index is 12.9. The van der Waals surface area contributed by atoms with Gasteiger partial charge in [-0.15, -0.1) is 8.78 Å². The monoisotopic (exact) mass is 268 g/mol. The molecule has 1 N–H and O–H groups in total. The van der Waals surface area contributed by atoms with Gasteiger partial charge in [0.05, 0.1) is 0 Å². The fourth-order valence-electron chi connectivity index (χ4n) is 1.65. The van der Waals surface area contributed by atoms with E-state index in [1.807, 2.05) is 0 Å². The highest BCUT2D eigenvalue weighted by atomic mass is 19.3. The second kappa shape index (κ2) is 4.04. The minimum absolute atomic E-state index is 0.0530. The molecule has 0 amide bonds. The van der Waals surface area contributed by atoms with E-state index in [-0.39, 0.29) is 17.3 Å². The highest BCUT2D eigenvalue weighted by Crippen LogP contribution is 2.42. The van der Waals surface area contributed by atoms with Gasteiger partial charge < -0.3 is 14.8 Å². The first-order chi connectivity index (χ1) is 9.02. The van der Waals surface area contributed by atoms with Gasteiger partial charge in [-0.05, 0) is 24.3 Å². The summed E-state index contributed by atoms with van der Waals surface area (Å²) in [6.07, 6.45) is -3.65. The largest absolute Gasteiger partial charge is 0.586 e. The zero-order valence-electron chi connectivity index (χ0n) is 9.36. The SMILES string of the molecule is Fc1cccc(Nc2ccc3c(c2)OC(F)(F)O3)n1. The predicted molar refractivity (Wildman–Crippen MR) is 60.1 cm³/mol. The number of rotatable bonds is 2. The first-order valence-corrected chi connectivity index (χ1v) is 5.31. The van der Waals surface area contributed by atoms with Crippen molar-refractivity contribution < 1.29 is 22.6 Å². The Kier molecular flexibility index (Phi) is 2.48. The summed E-state index contributed by atoms with van der Waals surface area (Å²) < 4.78 is 47.1. The third-order valence-electron chi connectivity index (χ3n) is 2.39. The summed E-state index contributed by atoms with van der Waals surface area (Å²) in [5.41, 5.74) is 0.429. The Bertz CT molecular complexity index is 634. The summed E-state index contributed by atoms with van der Waals surface area (Å²) in [7, 11) is 0. The third kappa shape index (κ3) is 2.40. The molecule has 0 spiro atoms. The quantitative estimate of drug-likeness (QED) is 0.849. The highest BCUT2D eigenvalue weighted by Gasteiger charge is 2.43. The maximum Gasteiger partial charge on any atom is 0.586 e. The average Bonchev–Trinajstić information content (AvgIpc) is 2.62. The van der Waals surface area contributed by atoms with Crippen molar-refractivity contribution >= 4 is 11.5 Å². The molecule has 0 radical (unpaired) electrons. The van der Waals surface area contributed by atoms with E-state index >= 15 is 0 Å². The van der Waals surface area contributed by atoms with Crippen LogP contribution in [0.5, 0.6) is 11.5 Å². The minimum atomic E-state index is -3.65. The van der Waals surface area contributed by atoms with Crippen LogP contribution in [0.4, 0.5) is 24.7 Å². The molecule has 1 aromatic heterocycles. The number of anilines is 2. The lowest BCUT2D eigenvalue weighted by Gasteiger charge is -2.06. The smallest absolute Gasteiger partial charge is 0.395 e. The molecule has 0 bridgehead atoms. The zero-order chi connectivity index (χ0) is 13.5. The molecule has 1 aliphatic heterocycles. The molecule has 0 fully saturated rings. The van der Waals surface area contributed by atoms with Gasteiger partial charge in [0.15, 0.2) is 11.5 Å². The summed E-state index contributed by atoms with van der Waals surface area (Å²) in [6, 6.07) is 8.37. The average molecular weight is 268 g/mol. The molecule has 7 heteroatoms. The number of hydrogen-bond donors (Lipinski definition) is 1. The van der Waals surface area contributed by atoms with Gasteiger partial charge in [0.2, 0.25) is 5.95 Å². The Morgan fingerprint density at radius 2 is 1.84 bits per heavy atom. The van der Waals surface area contributed by atoms with Crippen molar-refractivity contribution in [1.82, 2.24) is 4.98 Å². The Labute approximate surface area is 105 Å². The van der Waals surface area contributed by atoms with Crippen LogP contribution in [-0.2, 0) is 0 Å². The van der Waals surface area contributed by atoms with Gasteiger partial charge in [-0.2, -0.15) is 4.39 Å².